The van der Waals surface area contributed by atoms with Crippen molar-refractivity contribution in [3.63, 3.8) is 0 Å². The Morgan fingerprint density at radius 2 is 1.92 bits per heavy atom. The summed E-state index contributed by atoms with van der Waals surface area (Å²) in [5.41, 5.74) is -1.63. The van der Waals surface area contributed by atoms with Crippen LogP contribution in [0.4, 0.5) is 0 Å². The van der Waals surface area contributed by atoms with Crippen molar-refractivity contribution in [3.05, 3.63) is 38.7 Å². The number of H-pyrrole nitrogens is 1. The summed E-state index contributed by atoms with van der Waals surface area (Å²) in [5.74, 6) is 0.466. The number of ether oxygens (including phenoxy) is 1. The van der Waals surface area contributed by atoms with E-state index in [1.807, 2.05) is 6.26 Å². The minimum atomic E-state index is -5.73. The van der Waals surface area contributed by atoms with Gasteiger partial charge in [-0.25, -0.2) is 18.5 Å². The van der Waals surface area contributed by atoms with Crippen molar-refractivity contribution in [2.75, 3.05) is 25.2 Å². The number of nitrogens with zero attached hydrogens (tertiary/aromatic N) is 1. The molecule has 1 aromatic heterocycles. The SMILES string of the molecule is CSCCC(=O)NC/C=C/c1cn([C@H]2C[C@H](O)[C@@H](COP(=O)(O)OP(=O)(O)OP(=O)(O)O)O2)c(=O)[nH]c1=O. The number of aliphatic hydroxyl groups excluding tert-OH is 1. The molecule has 22 heteroatoms. The number of nitrogens with one attached hydrogen (secondary N) is 2. The van der Waals surface area contributed by atoms with E-state index in [4.69, 9.17) is 14.5 Å². The number of phosphoric ester groups is 1. The van der Waals surface area contributed by atoms with E-state index < -0.39 is 59.8 Å². The topological polar surface area (TPSA) is 273 Å². The van der Waals surface area contributed by atoms with Gasteiger partial charge in [0.25, 0.3) is 5.56 Å². The predicted molar refractivity (Wildman–Crippen MR) is 131 cm³/mol. The standard InChI is InChI=1S/C16H26N3O15P3S/c1-38-6-4-13(21)17-5-2-3-10-8-19(16(23)18-15(10)22)14-7-11(20)12(32-14)9-31-36(27,28)34-37(29,30)33-35(24,25)26/h2-3,8,11-12,14,20H,4-7,9H2,1H3,(H,17,21)(H,27,28)(H,29,30)(H,18,22,23)(H2,24,25,26)/b3-2+/t11-,12+,14+/m0/s1. The maximum atomic E-state index is 12.3. The van der Waals surface area contributed by atoms with Crippen LogP contribution in [0.3, 0.4) is 0 Å². The fraction of sp³-hybridized carbons (Fsp3) is 0.562. The van der Waals surface area contributed by atoms with Gasteiger partial charge in [0.2, 0.25) is 5.91 Å². The predicted octanol–water partition coefficient (Wildman–Crippen LogP) is -0.589. The molecule has 38 heavy (non-hydrogen) atoms. The Labute approximate surface area is 218 Å². The molecule has 216 valence electrons. The van der Waals surface area contributed by atoms with Crippen LogP contribution in [-0.2, 0) is 36.4 Å². The quantitative estimate of drug-likeness (QED) is 0.127. The minimum Gasteiger partial charge on any atom is -0.390 e. The zero-order valence-electron chi connectivity index (χ0n) is 19.5. The third kappa shape index (κ3) is 11.0. The Morgan fingerprint density at radius 3 is 2.55 bits per heavy atom. The fourth-order valence-electron chi connectivity index (χ4n) is 2.98. The molecule has 1 amide bonds. The molecule has 0 aromatic carbocycles. The van der Waals surface area contributed by atoms with Crippen LogP contribution in [0, 0.1) is 0 Å². The molecule has 0 radical (unpaired) electrons. The Kier molecular flexibility index (Phi) is 11.9. The monoisotopic (exact) mass is 625 g/mol. The van der Waals surface area contributed by atoms with E-state index in [9.17, 15) is 43.0 Å². The van der Waals surface area contributed by atoms with Gasteiger partial charge in [-0.05, 0) is 6.26 Å². The summed E-state index contributed by atoms with van der Waals surface area (Å²) < 4.78 is 51.9. The van der Waals surface area contributed by atoms with E-state index in [1.54, 1.807) is 0 Å². The largest absolute Gasteiger partial charge is 0.490 e. The molecule has 1 aliphatic heterocycles. The zero-order chi connectivity index (χ0) is 28.7. The van der Waals surface area contributed by atoms with Crippen LogP contribution in [0.2, 0.25) is 0 Å². The molecule has 1 aliphatic rings. The number of carbonyl (C=O) groups excluding carboxylic acids is 1. The summed E-state index contributed by atoms with van der Waals surface area (Å²) in [6.07, 6.45) is 1.96. The molecule has 1 saturated heterocycles. The maximum absolute atomic E-state index is 12.3. The van der Waals surface area contributed by atoms with Crippen LogP contribution < -0.4 is 16.6 Å². The molecule has 2 heterocycles. The first-order valence-corrected chi connectivity index (χ1v) is 16.3. The van der Waals surface area contributed by atoms with Crippen LogP contribution in [0.5, 0.6) is 0 Å². The van der Waals surface area contributed by atoms with Crippen LogP contribution >= 0.6 is 35.2 Å². The number of carbonyl (C=O) groups is 1. The van der Waals surface area contributed by atoms with E-state index in [1.165, 1.54) is 23.9 Å². The highest BCUT2D eigenvalue weighted by Gasteiger charge is 2.43. The Balaban J connectivity index is 2.03. The van der Waals surface area contributed by atoms with Crippen molar-refractivity contribution in [2.24, 2.45) is 0 Å². The highest BCUT2D eigenvalue weighted by Crippen LogP contribution is 2.66. The van der Waals surface area contributed by atoms with E-state index in [2.05, 4.69) is 23.4 Å². The summed E-state index contributed by atoms with van der Waals surface area (Å²) in [5, 5.41) is 12.8. The van der Waals surface area contributed by atoms with Crippen molar-refractivity contribution in [2.45, 2.75) is 31.3 Å². The first kappa shape index (κ1) is 32.8. The van der Waals surface area contributed by atoms with Gasteiger partial charge in [0.1, 0.15) is 12.3 Å². The van der Waals surface area contributed by atoms with Crippen molar-refractivity contribution in [3.8, 4) is 0 Å². The number of thioether (sulfide) groups is 1. The smallest absolute Gasteiger partial charge is 0.390 e. The van der Waals surface area contributed by atoms with Gasteiger partial charge in [0, 0.05) is 31.3 Å². The molecule has 18 nitrogen and oxygen atoms in total. The van der Waals surface area contributed by atoms with Gasteiger partial charge in [-0.1, -0.05) is 12.2 Å². The van der Waals surface area contributed by atoms with Crippen LogP contribution in [-0.4, -0.2) is 77.5 Å². The molecule has 0 spiro atoms. The van der Waals surface area contributed by atoms with Crippen molar-refractivity contribution >= 4 is 47.2 Å². The molecular formula is C16H26N3O15P3S. The normalized spacial score (nSPS) is 23.3. The second-order valence-electron chi connectivity index (χ2n) is 7.52. The molecule has 5 atom stereocenters. The number of phosphoric acid groups is 3. The summed E-state index contributed by atoms with van der Waals surface area (Å²) >= 11 is 1.51. The molecule has 7 N–H and O–H groups in total. The lowest BCUT2D eigenvalue weighted by Crippen LogP contribution is -2.33. The third-order valence-electron chi connectivity index (χ3n) is 4.58. The van der Waals surface area contributed by atoms with Gasteiger partial charge in [-0.2, -0.15) is 20.4 Å². The van der Waals surface area contributed by atoms with Crippen molar-refractivity contribution in [1.29, 1.82) is 0 Å². The van der Waals surface area contributed by atoms with E-state index in [0.29, 0.717) is 12.2 Å². The third-order valence-corrected chi connectivity index (χ3v) is 8.99. The molecular weight excluding hydrogens is 599 g/mol. The highest BCUT2D eigenvalue weighted by atomic mass is 32.2. The number of aromatic amines is 1. The summed E-state index contributed by atoms with van der Waals surface area (Å²) in [7, 11) is -16.7. The van der Waals surface area contributed by atoms with Gasteiger partial charge in [-0.15, -0.1) is 0 Å². The first-order valence-electron chi connectivity index (χ1n) is 10.4. The van der Waals surface area contributed by atoms with E-state index >= 15 is 0 Å². The van der Waals surface area contributed by atoms with Gasteiger partial charge < -0.3 is 34.7 Å². The van der Waals surface area contributed by atoms with Crippen molar-refractivity contribution < 1.29 is 61.1 Å². The molecule has 0 aliphatic carbocycles. The van der Waals surface area contributed by atoms with Gasteiger partial charge >= 0.3 is 29.2 Å². The number of hydrogen-bond donors (Lipinski definition) is 7. The molecule has 2 unspecified atom stereocenters. The first-order chi connectivity index (χ1) is 17.5. The van der Waals surface area contributed by atoms with E-state index in [0.717, 1.165) is 10.8 Å². The summed E-state index contributed by atoms with van der Waals surface area (Å²) in [4.78, 5) is 73.9. The molecule has 0 bridgehead atoms. The average Bonchev–Trinajstić information content (AvgIpc) is 3.12. The Hall–Kier alpha value is -1.43. The lowest BCUT2D eigenvalue weighted by molar-refractivity contribution is -0.120. The molecule has 1 aromatic rings. The molecule has 0 saturated carbocycles. The fourth-order valence-corrected chi connectivity index (χ4v) is 6.40. The summed E-state index contributed by atoms with van der Waals surface area (Å²) in [6, 6.07) is 0. The highest BCUT2D eigenvalue weighted by molar-refractivity contribution is 7.98. The lowest BCUT2D eigenvalue weighted by atomic mass is 10.2. The average molecular weight is 625 g/mol. The maximum Gasteiger partial charge on any atom is 0.490 e. The lowest BCUT2D eigenvalue weighted by Gasteiger charge is -2.19. The number of aliphatic hydroxyl groups is 1. The van der Waals surface area contributed by atoms with Crippen LogP contribution in [0.15, 0.2) is 21.9 Å². The van der Waals surface area contributed by atoms with Crippen LogP contribution in [0.1, 0.15) is 24.6 Å². The zero-order valence-corrected chi connectivity index (χ0v) is 23.0. The number of rotatable bonds is 14. The van der Waals surface area contributed by atoms with E-state index in [-0.39, 0.29) is 24.4 Å². The van der Waals surface area contributed by atoms with Gasteiger partial charge in [0.15, 0.2) is 0 Å². The summed E-state index contributed by atoms with van der Waals surface area (Å²) in [6.45, 7) is -0.810. The van der Waals surface area contributed by atoms with Crippen LogP contribution in [0.25, 0.3) is 6.08 Å². The van der Waals surface area contributed by atoms with Crippen molar-refractivity contribution in [1.82, 2.24) is 14.9 Å². The minimum absolute atomic E-state index is 0.0118. The Morgan fingerprint density at radius 1 is 1.24 bits per heavy atom. The van der Waals surface area contributed by atoms with Gasteiger partial charge in [0.05, 0.1) is 18.3 Å². The number of hydrogen-bond acceptors (Lipinski definition) is 12. The molecule has 2 rings (SSSR count). The number of aromatic nitrogens is 2. The number of amides is 1. The Bertz CT molecular complexity index is 1280. The second-order valence-corrected chi connectivity index (χ2v) is 12.9. The van der Waals surface area contributed by atoms with Gasteiger partial charge in [-0.3, -0.25) is 23.7 Å². The second kappa shape index (κ2) is 13.8. The molecule has 1 fully saturated rings.